The molecule has 1 aromatic heterocycles. The number of hydrogen-bond acceptors (Lipinski definition) is 5. The lowest BCUT2D eigenvalue weighted by Crippen LogP contribution is -2.22. The molecule has 0 bridgehead atoms. The standard InChI is InChI=1S/C28H22ClF4NO5/c1-3-37-22-12-16(30)13-23(38-4-2)26(22)34-24(35)14-19-25(17-7-5-6-8-20(17)28(31,32)33)18-11-15(29)9-10-21(18)39-27(19)36/h5-13H,3-4,14H2,1-2H3,(H,34,35). The van der Waals surface area contributed by atoms with Gasteiger partial charge in [0.2, 0.25) is 5.91 Å². The fraction of sp³-hybridized carbons (Fsp3) is 0.214. The quantitative estimate of drug-likeness (QED) is 0.180. The molecule has 0 saturated heterocycles. The minimum atomic E-state index is -4.76. The Hall–Kier alpha value is -4.05. The number of fused-ring (bicyclic) bond motifs is 1. The van der Waals surface area contributed by atoms with Crippen molar-refractivity contribution in [1.29, 1.82) is 0 Å². The Labute approximate surface area is 225 Å². The highest BCUT2D eigenvalue weighted by molar-refractivity contribution is 6.31. The molecular formula is C28H22ClF4NO5. The summed E-state index contributed by atoms with van der Waals surface area (Å²) in [5.41, 5.74) is -2.78. The van der Waals surface area contributed by atoms with Crippen molar-refractivity contribution in [2.24, 2.45) is 0 Å². The molecule has 1 amide bonds. The highest BCUT2D eigenvalue weighted by atomic mass is 35.5. The maximum Gasteiger partial charge on any atom is 0.417 e. The van der Waals surface area contributed by atoms with Gasteiger partial charge < -0.3 is 19.2 Å². The van der Waals surface area contributed by atoms with Crippen LogP contribution < -0.4 is 20.4 Å². The normalized spacial score (nSPS) is 11.5. The lowest BCUT2D eigenvalue weighted by molar-refractivity contribution is -0.137. The fourth-order valence-electron chi connectivity index (χ4n) is 4.19. The van der Waals surface area contributed by atoms with Crippen molar-refractivity contribution in [3.8, 4) is 22.6 Å². The number of ether oxygens (including phenoxy) is 2. The molecule has 0 atom stereocenters. The molecule has 11 heteroatoms. The van der Waals surface area contributed by atoms with E-state index in [-0.39, 0.29) is 63.1 Å². The van der Waals surface area contributed by atoms with E-state index in [2.05, 4.69) is 5.32 Å². The van der Waals surface area contributed by atoms with Crippen LogP contribution in [0.4, 0.5) is 23.2 Å². The molecule has 0 saturated carbocycles. The van der Waals surface area contributed by atoms with Crippen molar-refractivity contribution in [2.45, 2.75) is 26.4 Å². The predicted molar refractivity (Wildman–Crippen MR) is 139 cm³/mol. The Morgan fingerprint density at radius 3 is 2.26 bits per heavy atom. The van der Waals surface area contributed by atoms with Gasteiger partial charge in [0.15, 0.2) is 0 Å². The number of amides is 1. The largest absolute Gasteiger partial charge is 0.491 e. The Kier molecular flexibility index (Phi) is 8.15. The minimum Gasteiger partial charge on any atom is -0.491 e. The third-order valence-corrected chi connectivity index (χ3v) is 5.93. The van der Waals surface area contributed by atoms with Crippen molar-refractivity contribution in [2.75, 3.05) is 18.5 Å². The lowest BCUT2D eigenvalue weighted by atomic mass is 9.91. The average Bonchev–Trinajstić information content (AvgIpc) is 2.86. The van der Waals surface area contributed by atoms with Crippen molar-refractivity contribution in [3.63, 3.8) is 0 Å². The Bertz CT molecular complexity index is 1570. The van der Waals surface area contributed by atoms with Gasteiger partial charge in [-0.05, 0) is 43.7 Å². The molecule has 39 heavy (non-hydrogen) atoms. The minimum absolute atomic E-state index is 0.00339. The summed E-state index contributed by atoms with van der Waals surface area (Å²) in [6.45, 7) is 3.61. The summed E-state index contributed by atoms with van der Waals surface area (Å²) in [7, 11) is 0. The second kappa shape index (κ2) is 11.4. The van der Waals surface area contributed by atoms with Crippen molar-refractivity contribution >= 4 is 34.2 Å². The summed E-state index contributed by atoms with van der Waals surface area (Å²) in [6.07, 6.45) is -5.44. The van der Waals surface area contributed by atoms with Gasteiger partial charge in [0, 0.05) is 28.1 Å². The number of hydrogen-bond donors (Lipinski definition) is 1. The van der Waals surface area contributed by atoms with Gasteiger partial charge in [-0.2, -0.15) is 13.2 Å². The molecule has 0 aliphatic carbocycles. The van der Waals surface area contributed by atoms with E-state index in [1.165, 1.54) is 36.4 Å². The third-order valence-electron chi connectivity index (χ3n) is 5.70. The summed E-state index contributed by atoms with van der Waals surface area (Å²) >= 11 is 6.14. The number of alkyl halides is 3. The van der Waals surface area contributed by atoms with Gasteiger partial charge in [-0.15, -0.1) is 0 Å². The average molecular weight is 564 g/mol. The Morgan fingerprint density at radius 2 is 1.64 bits per heavy atom. The zero-order valence-corrected chi connectivity index (χ0v) is 21.5. The summed E-state index contributed by atoms with van der Waals surface area (Å²) in [5.74, 6) is -1.51. The van der Waals surface area contributed by atoms with E-state index in [0.29, 0.717) is 0 Å². The molecule has 3 aromatic carbocycles. The molecule has 0 fully saturated rings. The van der Waals surface area contributed by atoms with Crippen molar-refractivity contribution in [3.05, 3.63) is 87.0 Å². The van der Waals surface area contributed by atoms with Crippen molar-refractivity contribution in [1.82, 2.24) is 0 Å². The van der Waals surface area contributed by atoms with Crippen LogP contribution in [0.5, 0.6) is 11.5 Å². The molecule has 204 valence electrons. The van der Waals surface area contributed by atoms with E-state index < -0.39 is 35.5 Å². The second-order valence-electron chi connectivity index (χ2n) is 8.29. The van der Waals surface area contributed by atoms with Crippen LogP contribution in [0.15, 0.2) is 63.8 Å². The molecule has 4 aromatic rings. The number of nitrogens with one attached hydrogen (secondary N) is 1. The molecule has 1 N–H and O–H groups in total. The molecule has 0 aliphatic rings. The lowest BCUT2D eigenvalue weighted by Gasteiger charge is -2.18. The summed E-state index contributed by atoms with van der Waals surface area (Å²) in [4.78, 5) is 26.3. The van der Waals surface area contributed by atoms with Gasteiger partial charge in [-0.25, -0.2) is 9.18 Å². The predicted octanol–water partition coefficient (Wildman–Crippen LogP) is 7.25. The van der Waals surface area contributed by atoms with E-state index in [1.807, 2.05) is 0 Å². The number of halogens is 5. The second-order valence-corrected chi connectivity index (χ2v) is 8.73. The molecule has 0 unspecified atom stereocenters. The van der Waals surface area contributed by atoms with Gasteiger partial charge in [-0.3, -0.25) is 4.79 Å². The zero-order valence-electron chi connectivity index (χ0n) is 20.7. The number of anilines is 1. The molecule has 1 heterocycles. The molecule has 0 aliphatic heterocycles. The van der Waals surface area contributed by atoms with Gasteiger partial charge >= 0.3 is 11.8 Å². The maximum absolute atomic E-state index is 14.1. The van der Waals surface area contributed by atoms with Crippen LogP contribution in [0.1, 0.15) is 25.0 Å². The molecule has 0 spiro atoms. The van der Waals surface area contributed by atoms with Gasteiger partial charge in [-0.1, -0.05) is 29.8 Å². The summed E-state index contributed by atoms with van der Waals surface area (Å²) in [5, 5.41) is 2.86. The van der Waals surface area contributed by atoms with Crippen molar-refractivity contribution < 1.29 is 36.2 Å². The number of carbonyl (C=O) groups excluding carboxylic acids is 1. The molecule has 0 radical (unpaired) electrons. The highest BCUT2D eigenvalue weighted by Crippen LogP contribution is 2.41. The number of rotatable bonds is 8. The highest BCUT2D eigenvalue weighted by Gasteiger charge is 2.35. The smallest absolute Gasteiger partial charge is 0.417 e. The number of carbonyl (C=O) groups is 1. The van der Waals surface area contributed by atoms with Crippen LogP contribution in [-0.2, 0) is 17.4 Å². The van der Waals surface area contributed by atoms with Crippen LogP contribution in [-0.4, -0.2) is 19.1 Å². The zero-order chi connectivity index (χ0) is 28.3. The number of benzene rings is 3. The monoisotopic (exact) mass is 563 g/mol. The van der Waals surface area contributed by atoms with E-state index >= 15 is 0 Å². The first-order valence-corrected chi connectivity index (χ1v) is 12.2. The SMILES string of the molecule is CCOc1cc(F)cc(OCC)c1NC(=O)Cc1c(-c2ccccc2C(F)(F)F)c2cc(Cl)ccc2oc1=O. The topological polar surface area (TPSA) is 77.8 Å². The van der Waals surface area contributed by atoms with Crippen LogP contribution in [0.3, 0.4) is 0 Å². The first-order valence-electron chi connectivity index (χ1n) is 11.8. The summed E-state index contributed by atoms with van der Waals surface area (Å²) < 4.78 is 72.3. The molecule has 6 nitrogen and oxygen atoms in total. The maximum atomic E-state index is 14.1. The van der Waals surface area contributed by atoms with E-state index in [1.54, 1.807) is 13.8 Å². The van der Waals surface area contributed by atoms with Gasteiger partial charge in [0.1, 0.15) is 28.6 Å². The molecule has 4 rings (SSSR count). The van der Waals surface area contributed by atoms with Crippen LogP contribution in [0, 0.1) is 5.82 Å². The van der Waals surface area contributed by atoms with Crippen LogP contribution >= 0.6 is 11.6 Å². The van der Waals surface area contributed by atoms with Gasteiger partial charge in [0.05, 0.1) is 30.8 Å². The fourth-order valence-corrected chi connectivity index (χ4v) is 4.37. The van der Waals surface area contributed by atoms with E-state index in [0.717, 1.165) is 18.2 Å². The first kappa shape index (κ1) is 28.0. The third kappa shape index (κ3) is 6.01. The first-order chi connectivity index (χ1) is 18.5. The summed E-state index contributed by atoms with van der Waals surface area (Å²) in [6, 6.07) is 11.0. The Balaban J connectivity index is 1.88. The van der Waals surface area contributed by atoms with E-state index in [9.17, 15) is 27.2 Å². The van der Waals surface area contributed by atoms with Crippen LogP contribution in [0.25, 0.3) is 22.1 Å². The van der Waals surface area contributed by atoms with Crippen LogP contribution in [0.2, 0.25) is 5.02 Å². The van der Waals surface area contributed by atoms with Gasteiger partial charge in [0.25, 0.3) is 0 Å². The Morgan fingerprint density at radius 1 is 1.00 bits per heavy atom. The van der Waals surface area contributed by atoms with E-state index in [4.69, 9.17) is 25.5 Å². The molecular weight excluding hydrogens is 542 g/mol.